The number of hydrogen-bond acceptors (Lipinski definition) is 2. The molecule has 0 atom stereocenters. The molecule has 4 heteroatoms. The normalized spacial score (nSPS) is 16.0. The molecule has 132 valence electrons. The fourth-order valence-electron chi connectivity index (χ4n) is 3.65. The van der Waals surface area contributed by atoms with Gasteiger partial charge in [0.25, 0.3) is 0 Å². The Morgan fingerprint density at radius 1 is 1.08 bits per heavy atom. The van der Waals surface area contributed by atoms with Gasteiger partial charge in [-0.05, 0) is 44.0 Å². The molecular formula is C21H23F2NO. The number of allylic oxidation sites excluding steroid dienone is 1. The second kappa shape index (κ2) is 6.17. The number of benzene rings is 2. The van der Waals surface area contributed by atoms with Gasteiger partial charge in [0.2, 0.25) is 0 Å². The zero-order valence-electron chi connectivity index (χ0n) is 15.3. The van der Waals surface area contributed by atoms with E-state index in [1.807, 2.05) is 26.0 Å². The number of halogens is 2. The number of rotatable bonds is 0. The van der Waals surface area contributed by atoms with Gasteiger partial charge in [0.15, 0.2) is 11.6 Å². The van der Waals surface area contributed by atoms with Crippen molar-refractivity contribution in [3.8, 4) is 16.9 Å². The molecule has 0 radical (unpaired) electrons. The second-order valence-electron chi connectivity index (χ2n) is 6.74. The Morgan fingerprint density at radius 3 is 2.52 bits per heavy atom. The van der Waals surface area contributed by atoms with Gasteiger partial charge in [0, 0.05) is 28.4 Å². The van der Waals surface area contributed by atoms with E-state index in [9.17, 15) is 8.78 Å². The number of hydrogen-bond donors (Lipinski definition) is 1. The van der Waals surface area contributed by atoms with Gasteiger partial charge < -0.3 is 10.1 Å². The number of fused-ring (bicyclic) bond motifs is 5. The molecule has 2 aliphatic rings. The summed E-state index contributed by atoms with van der Waals surface area (Å²) in [7, 11) is 0. The van der Waals surface area contributed by atoms with E-state index in [0.29, 0.717) is 5.56 Å². The molecule has 0 fully saturated rings. The van der Waals surface area contributed by atoms with Crippen molar-refractivity contribution < 1.29 is 13.5 Å². The van der Waals surface area contributed by atoms with Crippen LogP contribution >= 0.6 is 0 Å². The maximum absolute atomic E-state index is 14.0. The highest BCUT2D eigenvalue weighted by Gasteiger charge is 2.29. The van der Waals surface area contributed by atoms with Gasteiger partial charge in [-0.3, -0.25) is 0 Å². The zero-order valence-corrected chi connectivity index (χ0v) is 15.3. The predicted octanol–water partition coefficient (Wildman–Crippen LogP) is 6.16. The van der Waals surface area contributed by atoms with Crippen molar-refractivity contribution in [2.75, 3.05) is 5.32 Å². The van der Waals surface area contributed by atoms with E-state index in [0.717, 1.165) is 34.0 Å². The largest absolute Gasteiger partial charge is 0.485 e. The summed E-state index contributed by atoms with van der Waals surface area (Å²) in [5.41, 5.74) is 5.38. The third kappa shape index (κ3) is 2.90. The first-order valence-corrected chi connectivity index (χ1v) is 8.62. The molecule has 1 N–H and O–H groups in total. The van der Waals surface area contributed by atoms with Gasteiger partial charge in [-0.1, -0.05) is 26.0 Å². The van der Waals surface area contributed by atoms with Crippen LogP contribution in [0.1, 0.15) is 45.7 Å². The average Bonchev–Trinajstić information content (AvgIpc) is 2.54. The molecule has 4 rings (SSSR count). The van der Waals surface area contributed by atoms with Crippen molar-refractivity contribution in [3.63, 3.8) is 0 Å². The lowest BCUT2D eigenvalue weighted by Gasteiger charge is -2.34. The number of nitrogens with one attached hydrogen (secondary N) is 1. The molecule has 0 bridgehead atoms. The van der Waals surface area contributed by atoms with Crippen molar-refractivity contribution in [2.24, 2.45) is 0 Å². The fourth-order valence-corrected chi connectivity index (χ4v) is 3.65. The second-order valence-corrected chi connectivity index (χ2v) is 6.74. The van der Waals surface area contributed by atoms with Gasteiger partial charge in [-0.2, -0.15) is 0 Å². The van der Waals surface area contributed by atoms with E-state index in [2.05, 4.69) is 32.2 Å². The summed E-state index contributed by atoms with van der Waals surface area (Å²) in [6.45, 7) is 10.6. The van der Waals surface area contributed by atoms with E-state index in [4.69, 9.17) is 4.74 Å². The maximum atomic E-state index is 14.0. The number of anilines is 1. The molecule has 0 aromatic heterocycles. The molecule has 2 aromatic carbocycles. The molecule has 0 saturated heterocycles. The van der Waals surface area contributed by atoms with Gasteiger partial charge in [-0.25, -0.2) is 8.78 Å². The van der Waals surface area contributed by atoms with Crippen LogP contribution in [0.5, 0.6) is 5.75 Å². The lowest BCUT2D eigenvalue weighted by Crippen LogP contribution is -2.32. The van der Waals surface area contributed by atoms with Crippen LogP contribution in [-0.2, 0) is 6.61 Å². The summed E-state index contributed by atoms with van der Waals surface area (Å²) in [5.74, 6) is -1.12. The van der Waals surface area contributed by atoms with Crippen molar-refractivity contribution in [1.29, 1.82) is 0 Å². The standard InChI is InChI=1S/C19H17F2NO.C2H6/c1-10-8-19(2,3)22-16-5-4-12-13-6-11(20)7-15(21)18(13)23-9-14(12)17(10)16;1-2/h4-8,22H,9H2,1-3H3;1-2H3. The summed E-state index contributed by atoms with van der Waals surface area (Å²) < 4.78 is 33.2. The summed E-state index contributed by atoms with van der Waals surface area (Å²) in [6, 6.07) is 6.08. The molecule has 2 aliphatic heterocycles. The Bertz CT molecular complexity index is 869. The van der Waals surface area contributed by atoms with Crippen molar-refractivity contribution in [3.05, 3.63) is 53.1 Å². The molecule has 0 aliphatic carbocycles. The predicted molar refractivity (Wildman–Crippen MR) is 98.8 cm³/mol. The molecule has 2 nitrogen and oxygen atoms in total. The molecule has 25 heavy (non-hydrogen) atoms. The number of ether oxygens (including phenoxy) is 1. The third-order valence-corrected chi connectivity index (χ3v) is 4.40. The summed E-state index contributed by atoms with van der Waals surface area (Å²) >= 11 is 0. The highest BCUT2D eigenvalue weighted by Crippen LogP contribution is 2.46. The Kier molecular flexibility index (Phi) is 4.31. The van der Waals surface area contributed by atoms with Crippen molar-refractivity contribution >= 4 is 11.3 Å². The SMILES string of the molecule is CC.CC1=CC(C)(C)Nc2ccc3c(c21)COc1c(F)cc(F)cc1-3. The minimum atomic E-state index is -0.658. The Labute approximate surface area is 147 Å². The fraction of sp³-hybridized carbons (Fsp3) is 0.333. The van der Waals surface area contributed by atoms with E-state index in [-0.39, 0.29) is 17.9 Å². The van der Waals surface area contributed by atoms with Crippen LogP contribution in [0, 0.1) is 11.6 Å². The summed E-state index contributed by atoms with van der Waals surface area (Å²) in [4.78, 5) is 0. The molecule has 2 heterocycles. The van der Waals surface area contributed by atoms with Crippen LogP contribution in [0.4, 0.5) is 14.5 Å². The molecule has 0 unspecified atom stereocenters. The van der Waals surface area contributed by atoms with E-state index in [1.54, 1.807) is 0 Å². The third-order valence-electron chi connectivity index (χ3n) is 4.40. The van der Waals surface area contributed by atoms with Gasteiger partial charge in [0.05, 0.1) is 5.54 Å². The van der Waals surface area contributed by atoms with Gasteiger partial charge in [0.1, 0.15) is 12.4 Å². The molecule has 2 aromatic rings. The summed E-state index contributed by atoms with van der Waals surface area (Å²) in [6.07, 6.45) is 2.16. The minimum Gasteiger partial charge on any atom is -0.485 e. The van der Waals surface area contributed by atoms with Crippen molar-refractivity contribution in [2.45, 2.75) is 46.8 Å². The smallest absolute Gasteiger partial charge is 0.168 e. The summed E-state index contributed by atoms with van der Waals surface area (Å²) in [5, 5.41) is 3.48. The van der Waals surface area contributed by atoms with Gasteiger partial charge >= 0.3 is 0 Å². The average molecular weight is 343 g/mol. The van der Waals surface area contributed by atoms with Crippen LogP contribution in [0.25, 0.3) is 16.7 Å². The topological polar surface area (TPSA) is 21.3 Å². The molecule has 0 amide bonds. The first kappa shape index (κ1) is 17.5. The first-order chi connectivity index (χ1) is 11.9. The Morgan fingerprint density at radius 2 is 1.80 bits per heavy atom. The lowest BCUT2D eigenvalue weighted by atomic mass is 9.84. The monoisotopic (exact) mass is 343 g/mol. The Balaban J connectivity index is 0.000000880. The Hall–Kier alpha value is -2.36. The van der Waals surface area contributed by atoms with Crippen LogP contribution < -0.4 is 10.1 Å². The molecule has 0 saturated carbocycles. The highest BCUT2D eigenvalue weighted by atomic mass is 19.1. The van der Waals surface area contributed by atoms with Crippen LogP contribution in [0.15, 0.2) is 30.3 Å². The van der Waals surface area contributed by atoms with Crippen molar-refractivity contribution in [1.82, 2.24) is 0 Å². The van der Waals surface area contributed by atoms with E-state index in [1.165, 1.54) is 6.07 Å². The van der Waals surface area contributed by atoms with E-state index >= 15 is 0 Å². The molecular weight excluding hydrogens is 320 g/mol. The van der Waals surface area contributed by atoms with Gasteiger partial charge in [-0.15, -0.1) is 0 Å². The minimum absolute atomic E-state index is 0.128. The first-order valence-electron chi connectivity index (χ1n) is 8.62. The maximum Gasteiger partial charge on any atom is 0.168 e. The molecule has 0 spiro atoms. The van der Waals surface area contributed by atoms with E-state index < -0.39 is 11.6 Å². The van der Waals surface area contributed by atoms with Crippen LogP contribution in [0.3, 0.4) is 0 Å². The van der Waals surface area contributed by atoms with Crippen LogP contribution in [-0.4, -0.2) is 5.54 Å². The lowest BCUT2D eigenvalue weighted by molar-refractivity contribution is 0.285. The van der Waals surface area contributed by atoms with Crippen LogP contribution in [0.2, 0.25) is 0 Å². The highest BCUT2D eigenvalue weighted by molar-refractivity contribution is 5.89. The quantitative estimate of drug-likeness (QED) is 0.619. The zero-order chi connectivity index (χ0) is 18.4.